The van der Waals surface area contributed by atoms with Gasteiger partial charge in [-0.2, -0.15) is 17.0 Å². The maximum atomic E-state index is 12.8. The fourth-order valence-electron chi connectivity index (χ4n) is 4.26. The molecule has 172 valence electrons. The van der Waals surface area contributed by atoms with Crippen LogP contribution in [0.4, 0.5) is 0 Å². The zero-order valence-corrected chi connectivity index (χ0v) is 19.4. The largest absolute Gasteiger partial charge is 0.490 e. The van der Waals surface area contributed by atoms with Crippen molar-refractivity contribution >= 4 is 16.1 Å². The standard InChI is InChI=1S/C22H34N4O4S/c1-23(2)31(28,29)26-11-9-21(10-12-26)30-20-7-5-19(6-8-20)22(27)25-15-13-24(14-16-25)17-18-3-4-18/h5-8,18,21H,3-4,9-17H2,1-2H3. The smallest absolute Gasteiger partial charge is 0.281 e. The van der Waals surface area contributed by atoms with Crippen LogP contribution in [0.3, 0.4) is 0 Å². The lowest BCUT2D eigenvalue weighted by molar-refractivity contribution is 0.0632. The first-order chi connectivity index (χ1) is 14.8. The molecular weight excluding hydrogens is 416 g/mol. The number of piperazine rings is 1. The quantitative estimate of drug-likeness (QED) is 0.630. The normalized spacial score (nSPS) is 22.1. The molecule has 0 aromatic heterocycles. The van der Waals surface area contributed by atoms with Crippen molar-refractivity contribution < 1.29 is 17.9 Å². The van der Waals surface area contributed by atoms with Gasteiger partial charge in [0.1, 0.15) is 11.9 Å². The number of hydrogen-bond donors (Lipinski definition) is 0. The van der Waals surface area contributed by atoms with E-state index in [-0.39, 0.29) is 12.0 Å². The van der Waals surface area contributed by atoms with Crippen LogP contribution in [0.5, 0.6) is 5.75 Å². The van der Waals surface area contributed by atoms with E-state index >= 15 is 0 Å². The number of rotatable bonds is 7. The third kappa shape index (κ3) is 5.58. The molecule has 8 nitrogen and oxygen atoms in total. The summed E-state index contributed by atoms with van der Waals surface area (Å²) in [7, 11) is -0.262. The Morgan fingerprint density at radius 2 is 1.58 bits per heavy atom. The lowest BCUT2D eigenvalue weighted by Gasteiger charge is -2.35. The molecule has 1 aliphatic carbocycles. The van der Waals surface area contributed by atoms with E-state index in [1.807, 2.05) is 29.2 Å². The molecule has 0 atom stereocenters. The van der Waals surface area contributed by atoms with Crippen LogP contribution in [0.25, 0.3) is 0 Å². The topological polar surface area (TPSA) is 73.4 Å². The second-order valence-corrected chi connectivity index (χ2v) is 11.2. The fourth-order valence-corrected chi connectivity index (χ4v) is 5.40. The molecule has 3 fully saturated rings. The molecule has 1 aromatic rings. The van der Waals surface area contributed by atoms with Crippen molar-refractivity contribution in [3.8, 4) is 5.75 Å². The Labute approximate surface area is 185 Å². The molecule has 1 amide bonds. The van der Waals surface area contributed by atoms with Crippen LogP contribution < -0.4 is 4.74 Å². The van der Waals surface area contributed by atoms with Gasteiger partial charge in [-0.3, -0.25) is 9.69 Å². The third-order valence-electron chi connectivity index (χ3n) is 6.47. The van der Waals surface area contributed by atoms with Gasteiger partial charge in [-0.05, 0) is 55.9 Å². The van der Waals surface area contributed by atoms with Crippen molar-refractivity contribution in [2.75, 3.05) is 59.9 Å². The van der Waals surface area contributed by atoms with Gasteiger partial charge in [0.2, 0.25) is 0 Å². The van der Waals surface area contributed by atoms with Gasteiger partial charge in [0.05, 0.1) is 0 Å². The van der Waals surface area contributed by atoms with E-state index in [4.69, 9.17) is 4.74 Å². The predicted molar refractivity (Wildman–Crippen MR) is 119 cm³/mol. The molecule has 2 heterocycles. The van der Waals surface area contributed by atoms with Gasteiger partial charge in [-0.1, -0.05) is 0 Å². The number of hydrogen-bond acceptors (Lipinski definition) is 5. The molecule has 31 heavy (non-hydrogen) atoms. The zero-order valence-electron chi connectivity index (χ0n) is 18.6. The number of ether oxygens (including phenoxy) is 1. The minimum absolute atomic E-state index is 0.0188. The van der Waals surface area contributed by atoms with Gasteiger partial charge in [0, 0.05) is 65.5 Å². The Morgan fingerprint density at radius 3 is 2.13 bits per heavy atom. The summed E-state index contributed by atoms with van der Waals surface area (Å²) in [5, 5.41) is 0. The van der Waals surface area contributed by atoms with E-state index in [2.05, 4.69) is 4.90 Å². The lowest BCUT2D eigenvalue weighted by atomic mass is 10.1. The lowest BCUT2D eigenvalue weighted by Crippen LogP contribution is -2.49. The molecule has 1 aromatic carbocycles. The monoisotopic (exact) mass is 450 g/mol. The minimum atomic E-state index is -3.36. The maximum absolute atomic E-state index is 12.8. The van der Waals surface area contributed by atoms with Crippen LogP contribution in [-0.2, 0) is 10.2 Å². The third-order valence-corrected chi connectivity index (χ3v) is 8.41. The molecule has 0 bridgehead atoms. The van der Waals surface area contributed by atoms with Crippen molar-refractivity contribution in [3.63, 3.8) is 0 Å². The van der Waals surface area contributed by atoms with Crippen LogP contribution in [0.2, 0.25) is 0 Å². The summed E-state index contributed by atoms with van der Waals surface area (Å²) in [6.45, 7) is 5.60. The molecule has 0 N–H and O–H groups in total. The molecule has 2 saturated heterocycles. The van der Waals surface area contributed by atoms with E-state index in [0.29, 0.717) is 31.5 Å². The molecule has 0 spiro atoms. The van der Waals surface area contributed by atoms with E-state index in [1.54, 1.807) is 14.1 Å². The zero-order chi connectivity index (χ0) is 22.0. The summed E-state index contributed by atoms with van der Waals surface area (Å²) in [6.07, 6.45) is 4.01. The maximum Gasteiger partial charge on any atom is 0.281 e. The molecule has 9 heteroatoms. The van der Waals surface area contributed by atoms with Gasteiger partial charge in [0.25, 0.3) is 16.1 Å². The summed E-state index contributed by atoms with van der Waals surface area (Å²) in [6, 6.07) is 7.36. The molecule has 2 aliphatic heterocycles. The number of nitrogens with zero attached hydrogens (tertiary/aromatic N) is 4. The van der Waals surface area contributed by atoms with Crippen LogP contribution in [0, 0.1) is 5.92 Å². The van der Waals surface area contributed by atoms with Crippen LogP contribution in [0.1, 0.15) is 36.0 Å². The molecule has 0 unspecified atom stereocenters. The van der Waals surface area contributed by atoms with E-state index in [0.717, 1.165) is 37.8 Å². The van der Waals surface area contributed by atoms with Crippen molar-refractivity contribution in [2.45, 2.75) is 31.8 Å². The van der Waals surface area contributed by atoms with E-state index in [9.17, 15) is 13.2 Å². The Bertz CT molecular complexity index is 854. The Balaban J connectivity index is 1.24. The highest BCUT2D eigenvalue weighted by atomic mass is 32.2. The Kier molecular flexibility index (Phi) is 6.86. The molecule has 4 rings (SSSR count). The van der Waals surface area contributed by atoms with Crippen LogP contribution in [-0.4, -0.2) is 98.7 Å². The number of benzene rings is 1. The van der Waals surface area contributed by atoms with Crippen LogP contribution >= 0.6 is 0 Å². The van der Waals surface area contributed by atoms with E-state index < -0.39 is 10.2 Å². The summed E-state index contributed by atoms with van der Waals surface area (Å²) < 4.78 is 33.2. The van der Waals surface area contributed by atoms with Crippen molar-refractivity contribution in [3.05, 3.63) is 29.8 Å². The summed E-state index contributed by atoms with van der Waals surface area (Å²) in [5.41, 5.74) is 0.690. The van der Waals surface area contributed by atoms with Crippen molar-refractivity contribution in [1.82, 2.24) is 18.4 Å². The highest BCUT2D eigenvalue weighted by molar-refractivity contribution is 7.86. The SMILES string of the molecule is CN(C)S(=O)(=O)N1CCC(Oc2ccc(C(=O)N3CCN(CC4CC4)CC3)cc2)CC1. The van der Waals surface area contributed by atoms with Crippen LogP contribution in [0.15, 0.2) is 24.3 Å². The molecule has 0 radical (unpaired) electrons. The molecule has 3 aliphatic rings. The molecular formula is C22H34N4O4S. The van der Waals surface area contributed by atoms with Gasteiger partial charge in [0.15, 0.2) is 0 Å². The van der Waals surface area contributed by atoms with Gasteiger partial charge in [-0.25, -0.2) is 0 Å². The first kappa shape index (κ1) is 22.5. The summed E-state index contributed by atoms with van der Waals surface area (Å²) in [4.78, 5) is 17.3. The van der Waals surface area contributed by atoms with Crippen molar-refractivity contribution in [2.24, 2.45) is 5.92 Å². The average Bonchev–Trinajstić information content (AvgIpc) is 3.59. The highest BCUT2D eigenvalue weighted by Crippen LogP contribution is 2.30. The first-order valence-electron chi connectivity index (χ1n) is 11.3. The number of amides is 1. The summed E-state index contributed by atoms with van der Waals surface area (Å²) >= 11 is 0. The fraction of sp³-hybridized carbons (Fsp3) is 0.682. The molecule has 1 saturated carbocycles. The minimum Gasteiger partial charge on any atom is -0.490 e. The first-order valence-corrected chi connectivity index (χ1v) is 12.7. The number of carbonyl (C=O) groups is 1. The Morgan fingerprint density at radius 1 is 0.968 bits per heavy atom. The second kappa shape index (κ2) is 9.44. The van der Waals surface area contributed by atoms with E-state index in [1.165, 1.54) is 28.0 Å². The van der Waals surface area contributed by atoms with Crippen molar-refractivity contribution in [1.29, 1.82) is 0 Å². The van der Waals surface area contributed by atoms with Gasteiger partial charge >= 0.3 is 0 Å². The van der Waals surface area contributed by atoms with Gasteiger partial charge in [-0.15, -0.1) is 0 Å². The average molecular weight is 451 g/mol. The number of piperidine rings is 1. The second-order valence-electron chi connectivity index (χ2n) is 9.07. The van der Waals surface area contributed by atoms with Gasteiger partial charge < -0.3 is 9.64 Å². The Hall–Kier alpha value is -1.68. The highest BCUT2D eigenvalue weighted by Gasteiger charge is 2.31. The predicted octanol–water partition coefficient (Wildman–Crippen LogP) is 1.50. The number of carbonyl (C=O) groups excluding carboxylic acids is 1. The summed E-state index contributed by atoms with van der Waals surface area (Å²) in [5.74, 6) is 1.69.